The molecule has 2 rings (SSSR count). The second-order valence-corrected chi connectivity index (χ2v) is 5.75. The molecule has 0 spiro atoms. The third-order valence-electron chi connectivity index (χ3n) is 3.52. The summed E-state index contributed by atoms with van der Waals surface area (Å²) in [4.78, 5) is 12.3. The van der Waals surface area contributed by atoms with E-state index < -0.39 is 12.4 Å². The first kappa shape index (κ1) is 18.6. The molecule has 2 N–H and O–H groups in total. The fourth-order valence-corrected chi connectivity index (χ4v) is 2.18. The largest absolute Gasteiger partial charge is 0.573 e. The molecule has 0 saturated carbocycles. The van der Waals surface area contributed by atoms with Crippen molar-refractivity contribution >= 4 is 17.3 Å². The Bertz CT molecular complexity index is 743. The van der Waals surface area contributed by atoms with Crippen LogP contribution in [0.3, 0.4) is 0 Å². The lowest BCUT2D eigenvalue weighted by Gasteiger charge is -2.17. The molecule has 0 fully saturated rings. The summed E-state index contributed by atoms with van der Waals surface area (Å²) >= 11 is 0. The van der Waals surface area contributed by atoms with Gasteiger partial charge in [-0.1, -0.05) is 12.1 Å². The van der Waals surface area contributed by atoms with Crippen molar-refractivity contribution in [1.29, 1.82) is 0 Å². The first-order valence-corrected chi connectivity index (χ1v) is 7.64. The van der Waals surface area contributed by atoms with Gasteiger partial charge in [0.25, 0.3) is 0 Å². The molecule has 25 heavy (non-hydrogen) atoms. The first-order valence-electron chi connectivity index (χ1n) is 7.64. The number of hydrogen-bond donors (Lipinski definition) is 2. The van der Waals surface area contributed by atoms with Crippen LogP contribution >= 0.6 is 0 Å². The van der Waals surface area contributed by atoms with Crippen molar-refractivity contribution in [1.82, 2.24) is 0 Å². The summed E-state index contributed by atoms with van der Waals surface area (Å²) in [6, 6.07) is 10.4. The average Bonchev–Trinajstić information content (AvgIpc) is 2.51. The van der Waals surface area contributed by atoms with Crippen LogP contribution in [0.4, 0.5) is 24.5 Å². The number of aryl methyl sites for hydroxylation is 2. The molecule has 0 aliphatic rings. The molecule has 0 aromatic heterocycles. The summed E-state index contributed by atoms with van der Waals surface area (Å²) in [5, 5.41) is 5.78. The highest BCUT2D eigenvalue weighted by Crippen LogP contribution is 2.24. The summed E-state index contributed by atoms with van der Waals surface area (Å²) in [5.74, 6) is -0.560. The Labute approximate surface area is 144 Å². The Morgan fingerprint density at radius 1 is 1.08 bits per heavy atom. The molecule has 2 aromatic carbocycles. The maximum Gasteiger partial charge on any atom is 0.573 e. The average molecular weight is 352 g/mol. The summed E-state index contributed by atoms with van der Waals surface area (Å²) in [6.07, 6.45) is -4.73. The number of carbonyl (C=O) groups is 1. The molecule has 0 unspecified atom stereocenters. The van der Waals surface area contributed by atoms with Gasteiger partial charge in [-0.25, -0.2) is 0 Å². The van der Waals surface area contributed by atoms with Gasteiger partial charge in [-0.3, -0.25) is 4.79 Å². The van der Waals surface area contributed by atoms with E-state index in [9.17, 15) is 18.0 Å². The second-order valence-electron chi connectivity index (χ2n) is 5.75. The minimum Gasteiger partial charge on any atom is -0.406 e. The number of halogens is 3. The van der Waals surface area contributed by atoms with Gasteiger partial charge in [0.15, 0.2) is 0 Å². The number of anilines is 2. The van der Waals surface area contributed by atoms with Gasteiger partial charge in [-0.15, -0.1) is 13.2 Å². The van der Waals surface area contributed by atoms with Crippen LogP contribution in [0.15, 0.2) is 42.5 Å². The lowest BCUT2D eigenvalue weighted by Crippen LogP contribution is -2.32. The number of carbonyl (C=O) groups excluding carboxylic acids is 1. The Morgan fingerprint density at radius 2 is 1.72 bits per heavy atom. The van der Waals surface area contributed by atoms with Crippen LogP contribution in [0.1, 0.15) is 18.1 Å². The smallest absolute Gasteiger partial charge is 0.406 e. The fraction of sp³-hybridized carbons (Fsp3) is 0.278. The van der Waals surface area contributed by atoms with E-state index in [4.69, 9.17) is 0 Å². The summed E-state index contributed by atoms with van der Waals surface area (Å²) < 4.78 is 40.2. The molecule has 0 bridgehead atoms. The molecule has 1 atom stereocenters. The van der Waals surface area contributed by atoms with Crippen molar-refractivity contribution in [2.75, 3.05) is 10.6 Å². The van der Waals surface area contributed by atoms with Gasteiger partial charge >= 0.3 is 6.36 Å². The molecule has 0 heterocycles. The maximum absolute atomic E-state index is 12.3. The summed E-state index contributed by atoms with van der Waals surface area (Å²) in [6.45, 7) is 5.49. The SMILES string of the molecule is Cc1ccc(C)c(NC(=O)[C@H](C)Nc2ccc(OC(F)(F)F)cc2)c1. The zero-order valence-electron chi connectivity index (χ0n) is 14.1. The lowest BCUT2D eigenvalue weighted by molar-refractivity contribution is -0.274. The van der Waals surface area contributed by atoms with E-state index in [1.807, 2.05) is 32.0 Å². The molecule has 0 aliphatic carbocycles. The quantitative estimate of drug-likeness (QED) is 0.824. The number of nitrogens with one attached hydrogen (secondary N) is 2. The maximum atomic E-state index is 12.3. The van der Waals surface area contributed by atoms with Crippen molar-refractivity contribution < 1.29 is 22.7 Å². The Kier molecular flexibility index (Phi) is 5.56. The van der Waals surface area contributed by atoms with Gasteiger partial charge in [0.05, 0.1) is 0 Å². The zero-order chi connectivity index (χ0) is 18.6. The summed E-state index contributed by atoms with van der Waals surface area (Å²) in [7, 11) is 0. The van der Waals surface area contributed by atoms with E-state index in [1.54, 1.807) is 6.92 Å². The van der Waals surface area contributed by atoms with Crippen LogP contribution in [0, 0.1) is 13.8 Å². The Balaban J connectivity index is 1.97. The van der Waals surface area contributed by atoms with Crippen molar-refractivity contribution in [3.05, 3.63) is 53.6 Å². The second kappa shape index (κ2) is 7.46. The van der Waals surface area contributed by atoms with E-state index in [0.717, 1.165) is 16.8 Å². The zero-order valence-corrected chi connectivity index (χ0v) is 14.1. The van der Waals surface area contributed by atoms with E-state index in [2.05, 4.69) is 15.4 Å². The molecular weight excluding hydrogens is 333 g/mol. The van der Waals surface area contributed by atoms with Gasteiger partial charge in [0.2, 0.25) is 5.91 Å². The van der Waals surface area contributed by atoms with Crippen molar-refractivity contribution in [2.45, 2.75) is 33.2 Å². The van der Waals surface area contributed by atoms with Gasteiger partial charge < -0.3 is 15.4 Å². The summed E-state index contributed by atoms with van der Waals surface area (Å²) in [5.41, 5.74) is 3.22. The molecular formula is C18H19F3N2O2. The molecule has 134 valence electrons. The van der Waals surface area contributed by atoms with E-state index in [0.29, 0.717) is 5.69 Å². The van der Waals surface area contributed by atoms with Crippen LogP contribution in [0.5, 0.6) is 5.75 Å². The number of ether oxygens (including phenoxy) is 1. The van der Waals surface area contributed by atoms with E-state index >= 15 is 0 Å². The predicted octanol–water partition coefficient (Wildman–Crippen LogP) is 4.64. The van der Waals surface area contributed by atoms with Crippen LogP contribution in [0.2, 0.25) is 0 Å². The van der Waals surface area contributed by atoms with Crippen LogP contribution in [-0.2, 0) is 4.79 Å². The lowest BCUT2D eigenvalue weighted by atomic mass is 10.1. The van der Waals surface area contributed by atoms with Crippen LogP contribution in [-0.4, -0.2) is 18.3 Å². The van der Waals surface area contributed by atoms with E-state index in [1.165, 1.54) is 24.3 Å². The number of benzene rings is 2. The molecule has 0 saturated heterocycles. The van der Waals surface area contributed by atoms with Crippen molar-refractivity contribution in [3.8, 4) is 5.75 Å². The van der Waals surface area contributed by atoms with E-state index in [-0.39, 0.29) is 11.7 Å². The highest BCUT2D eigenvalue weighted by molar-refractivity contribution is 5.96. The van der Waals surface area contributed by atoms with Crippen LogP contribution in [0.25, 0.3) is 0 Å². The number of hydrogen-bond acceptors (Lipinski definition) is 3. The van der Waals surface area contributed by atoms with Gasteiger partial charge in [0, 0.05) is 11.4 Å². The number of alkyl halides is 3. The molecule has 4 nitrogen and oxygen atoms in total. The molecule has 7 heteroatoms. The molecule has 0 radical (unpaired) electrons. The van der Waals surface area contributed by atoms with Crippen molar-refractivity contribution in [2.24, 2.45) is 0 Å². The highest BCUT2D eigenvalue weighted by atomic mass is 19.4. The molecule has 0 aliphatic heterocycles. The fourth-order valence-electron chi connectivity index (χ4n) is 2.18. The predicted molar refractivity (Wildman–Crippen MR) is 90.8 cm³/mol. The van der Waals surface area contributed by atoms with Crippen LogP contribution < -0.4 is 15.4 Å². The van der Waals surface area contributed by atoms with Crippen molar-refractivity contribution in [3.63, 3.8) is 0 Å². The topological polar surface area (TPSA) is 50.4 Å². The van der Waals surface area contributed by atoms with Gasteiger partial charge in [-0.2, -0.15) is 0 Å². The molecule has 1 amide bonds. The minimum atomic E-state index is -4.73. The monoisotopic (exact) mass is 352 g/mol. The third-order valence-corrected chi connectivity index (χ3v) is 3.52. The minimum absolute atomic E-state index is 0.246. The highest BCUT2D eigenvalue weighted by Gasteiger charge is 2.31. The number of rotatable bonds is 5. The number of amides is 1. The standard InChI is InChI=1S/C18H19F3N2O2/c1-11-4-5-12(2)16(10-11)23-17(24)13(3)22-14-6-8-15(9-7-14)25-18(19,20)21/h4-10,13,22H,1-3H3,(H,23,24)/t13-/m0/s1. The molecule has 2 aromatic rings. The van der Waals surface area contributed by atoms with Gasteiger partial charge in [-0.05, 0) is 62.2 Å². The van der Waals surface area contributed by atoms with Gasteiger partial charge in [0.1, 0.15) is 11.8 Å². The third kappa shape index (κ3) is 5.70. The Morgan fingerprint density at radius 3 is 2.32 bits per heavy atom. The normalized spacial score (nSPS) is 12.4. The first-order chi connectivity index (χ1) is 11.6. The Hall–Kier alpha value is -2.70.